The van der Waals surface area contributed by atoms with Crippen LogP contribution < -0.4 is 5.01 Å². The highest BCUT2D eigenvalue weighted by molar-refractivity contribution is 5.86. The lowest BCUT2D eigenvalue weighted by Crippen LogP contribution is -2.39. The van der Waals surface area contributed by atoms with Gasteiger partial charge >= 0.3 is 0 Å². The van der Waals surface area contributed by atoms with Gasteiger partial charge < -0.3 is 5.11 Å². The predicted octanol–water partition coefficient (Wildman–Crippen LogP) is 1.98. The Morgan fingerprint density at radius 1 is 1.36 bits per heavy atom. The van der Waals surface area contributed by atoms with Gasteiger partial charge in [0.05, 0.1) is 5.69 Å². The summed E-state index contributed by atoms with van der Waals surface area (Å²) in [5.41, 5.74) is 0.999. The Kier molecular flexibility index (Phi) is 2.04. The number of hydrogen-bond donors (Lipinski definition) is 1. The first-order valence-electron chi connectivity index (χ1n) is 4.71. The number of hydrogen-bond acceptors (Lipinski definition) is 3. The van der Waals surface area contributed by atoms with Crippen LogP contribution in [0.2, 0.25) is 0 Å². The molecule has 0 saturated carbocycles. The maximum atomic E-state index is 10.1. The second-order valence-corrected chi connectivity index (χ2v) is 3.88. The summed E-state index contributed by atoms with van der Waals surface area (Å²) in [7, 11) is 0. The van der Waals surface area contributed by atoms with Gasteiger partial charge in [-0.15, -0.1) is 0 Å². The highest BCUT2D eigenvalue weighted by Crippen LogP contribution is 2.30. The summed E-state index contributed by atoms with van der Waals surface area (Å²) < 4.78 is 0. The summed E-state index contributed by atoms with van der Waals surface area (Å²) in [6.07, 6.45) is 0.599. The second-order valence-electron chi connectivity index (χ2n) is 3.88. The number of aliphatic hydroxyl groups is 1. The van der Waals surface area contributed by atoms with Crippen LogP contribution in [0, 0.1) is 0 Å². The third-order valence-electron chi connectivity index (χ3n) is 2.32. The number of rotatable bonds is 1. The Hall–Kier alpha value is -1.35. The number of para-hydroxylation sites is 1. The van der Waals surface area contributed by atoms with E-state index in [1.807, 2.05) is 37.3 Å². The summed E-state index contributed by atoms with van der Waals surface area (Å²) in [6.45, 7) is 3.71. The molecule has 14 heavy (non-hydrogen) atoms. The summed E-state index contributed by atoms with van der Waals surface area (Å²) in [5, 5.41) is 16.1. The highest BCUT2D eigenvalue weighted by Gasteiger charge is 2.35. The van der Waals surface area contributed by atoms with Gasteiger partial charge in [0, 0.05) is 12.1 Å². The lowest BCUT2D eigenvalue weighted by atomic mass is 10.1. The van der Waals surface area contributed by atoms with E-state index in [0.717, 1.165) is 11.4 Å². The Bertz CT molecular complexity index is 357. The molecule has 1 N–H and O–H groups in total. The first-order valence-corrected chi connectivity index (χ1v) is 4.71. The normalized spacial score (nSPS) is 26.5. The maximum absolute atomic E-state index is 10.1. The fourth-order valence-electron chi connectivity index (χ4n) is 1.78. The quantitative estimate of drug-likeness (QED) is 0.735. The van der Waals surface area contributed by atoms with Crippen LogP contribution in [-0.4, -0.2) is 16.5 Å². The van der Waals surface area contributed by atoms with Crippen LogP contribution in [-0.2, 0) is 0 Å². The van der Waals surface area contributed by atoms with Crippen molar-refractivity contribution < 1.29 is 5.11 Å². The van der Waals surface area contributed by atoms with Crippen molar-refractivity contribution in [1.82, 2.24) is 0 Å². The summed E-state index contributed by atoms with van der Waals surface area (Å²) >= 11 is 0. The van der Waals surface area contributed by atoms with Crippen molar-refractivity contribution in [3.63, 3.8) is 0 Å². The molecule has 1 unspecified atom stereocenters. The number of benzene rings is 1. The number of hydrazone groups is 1. The Morgan fingerprint density at radius 2 is 2.00 bits per heavy atom. The molecule has 3 heteroatoms. The van der Waals surface area contributed by atoms with E-state index in [0.29, 0.717) is 6.42 Å². The maximum Gasteiger partial charge on any atom is 0.160 e. The molecular weight excluding hydrogens is 176 g/mol. The Morgan fingerprint density at radius 3 is 2.50 bits per heavy atom. The Balaban J connectivity index is 2.35. The molecule has 1 aromatic carbocycles. The van der Waals surface area contributed by atoms with Crippen molar-refractivity contribution in [1.29, 1.82) is 0 Å². The topological polar surface area (TPSA) is 35.8 Å². The molecule has 1 aliphatic rings. The average Bonchev–Trinajstić information content (AvgIpc) is 2.41. The van der Waals surface area contributed by atoms with Crippen LogP contribution in [0.5, 0.6) is 0 Å². The van der Waals surface area contributed by atoms with Gasteiger partial charge in [-0.05, 0) is 26.0 Å². The molecular formula is C11H14N2O. The zero-order valence-electron chi connectivity index (χ0n) is 8.44. The van der Waals surface area contributed by atoms with Gasteiger partial charge in [0.25, 0.3) is 0 Å². The van der Waals surface area contributed by atoms with E-state index in [2.05, 4.69) is 5.10 Å². The summed E-state index contributed by atoms with van der Waals surface area (Å²) in [4.78, 5) is 0. The predicted molar refractivity (Wildman–Crippen MR) is 57.3 cm³/mol. The third-order valence-corrected chi connectivity index (χ3v) is 2.32. The molecule has 74 valence electrons. The first-order chi connectivity index (χ1) is 6.59. The molecule has 1 atom stereocenters. The van der Waals surface area contributed by atoms with Crippen molar-refractivity contribution >= 4 is 11.4 Å². The van der Waals surface area contributed by atoms with E-state index >= 15 is 0 Å². The second kappa shape index (κ2) is 3.10. The smallest absolute Gasteiger partial charge is 0.160 e. The van der Waals surface area contributed by atoms with Gasteiger partial charge in [-0.2, -0.15) is 5.10 Å². The minimum Gasteiger partial charge on any atom is -0.369 e. The van der Waals surface area contributed by atoms with Crippen molar-refractivity contribution in [2.75, 3.05) is 5.01 Å². The van der Waals surface area contributed by atoms with Gasteiger partial charge in [0.2, 0.25) is 0 Å². The largest absolute Gasteiger partial charge is 0.369 e. The van der Waals surface area contributed by atoms with Gasteiger partial charge in [-0.1, -0.05) is 18.2 Å². The number of nitrogens with zero attached hydrogens (tertiary/aromatic N) is 2. The molecule has 0 spiro atoms. The molecule has 0 saturated heterocycles. The zero-order chi connectivity index (χ0) is 10.2. The van der Waals surface area contributed by atoms with Crippen molar-refractivity contribution in [2.24, 2.45) is 5.10 Å². The molecule has 0 radical (unpaired) electrons. The fourth-order valence-corrected chi connectivity index (χ4v) is 1.78. The molecule has 0 aromatic heterocycles. The van der Waals surface area contributed by atoms with Crippen molar-refractivity contribution in [3.05, 3.63) is 30.3 Å². The van der Waals surface area contributed by atoms with E-state index in [9.17, 15) is 5.11 Å². The molecule has 2 rings (SSSR count). The van der Waals surface area contributed by atoms with Crippen LogP contribution in [0.4, 0.5) is 5.69 Å². The summed E-state index contributed by atoms with van der Waals surface area (Å²) in [6, 6.07) is 9.71. The lowest BCUT2D eigenvalue weighted by molar-refractivity contribution is 0.0727. The van der Waals surface area contributed by atoms with E-state index in [1.165, 1.54) is 0 Å². The van der Waals surface area contributed by atoms with Gasteiger partial charge in [-0.3, -0.25) is 0 Å². The Labute approximate surface area is 83.7 Å². The van der Waals surface area contributed by atoms with Gasteiger partial charge in [-0.25, -0.2) is 5.01 Å². The lowest BCUT2D eigenvalue weighted by Gasteiger charge is -2.28. The molecule has 0 fully saturated rings. The number of anilines is 1. The molecule has 0 bridgehead atoms. The monoisotopic (exact) mass is 190 g/mol. The first kappa shape index (κ1) is 9.21. The van der Waals surface area contributed by atoms with Crippen LogP contribution in [0.3, 0.4) is 0 Å². The van der Waals surface area contributed by atoms with Gasteiger partial charge in [0.1, 0.15) is 0 Å². The van der Waals surface area contributed by atoms with Crippen LogP contribution >= 0.6 is 0 Å². The van der Waals surface area contributed by atoms with E-state index in [1.54, 1.807) is 11.9 Å². The van der Waals surface area contributed by atoms with Crippen molar-refractivity contribution in [2.45, 2.75) is 26.0 Å². The minimum atomic E-state index is -0.883. The highest BCUT2D eigenvalue weighted by atomic mass is 16.3. The van der Waals surface area contributed by atoms with Crippen LogP contribution in [0.15, 0.2) is 35.4 Å². The third kappa shape index (κ3) is 1.51. The molecule has 1 aromatic rings. The molecule has 0 aliphatic carbocycles. The molecule has 1 heterocycles. The molecule has 0 amide bonds. The minimum absolute atomic E-state index is 0.599. The van der Waals surface area contributed by atoms with Crippen LogP contribution in [0.1, 0.15) is 20.3 Å². The van der Waals surface area contributed by atoms with E-state index < -0.39 is 5.72 Å². The SMILES string of the molecule is CC1=NN(c2ccccc2)C(C)(O)C1. The van der Waals surface area contributed by atoms with E-state index in [-0.39, 0.29) is 0 Å². The summed E-state index contributed by atoms with van der Waals surface area (Å²) in [5.74, 6) is 0. The molecule has 1 aliphatic heterocycles. The average molecular weight is 190 g/mol. The van der Waals surface area contributed by atoms with Crippen molar-refractivity contribution in [3.8, 4) is 0 Å². The van der Waals surface area contributed by atoms with Gasteiger partial charge in [0.15, 0.2) is 5.72 Å². The zero-order valence-corrected chi connectivity index (χ0v) is 8.44. The fraction of sp³-hybridized carbons (Fsp3) is 0.364. The van der Waals surface area contributed by atoms with E-state index in [4.69, 9.17) is 0 Å². The molecule has 3 nitrogen and oxygen atoms in total. The standard InChI is InChI=1S/C11H14N2O/c1-9-8-11(2,14)13(12-9)10-6-4-3-5-7-10/h3-7,14H,8H2,1-2H3. The van der Waals surface area contributed by atoms with Crippen LogP contribution in [0.25, 0.3) is 0 Å².